The van der Waals surface area contributed by atoms with Crippen LogP contribution in [0.15, 0.2) is 0 Å². The Morgan fingerprint density at radius 2 is 1.88 bits per heavy atom. The van der Waals surface area contributed by atoms with Crippen molar-refractivity contribution in [2.75, 3.05) is 13.1 Å². The van der Waals surface area contributed by atoms with Gasteiger partial charge in [-0.15, -0.1) is 0 Å². The maximum absolute atomic E-state index is 11.8. The van der Waals surface area contributed by atoms with E-state index >= 15 is 0 Å². The quantitative estimate of drug-likeness (QED) is 0.689. The Bertz CT molecular complexity index is 236. The molecular formula is C12H24N2O2. The normalized spacial score (nSPS) is 27.4. The summed E-state index contributed by atoms with van der Waals surface area (Å²) in [5.41, 5.74) is 5.57. The molecule has 1 amide bonds. The summed E-state index contributed by atoms with van der Waals surface area (Å²) in [5, 5.41) is 0. The number of carbonyl (C=O) groups is 1. The fourth-order valence-electron chi connectivity index (χ4n) is 1.78. The van der Waals surface area contributed by atoms with E-state index in [-0.39, 0.29) is 12.1 Å². The van der Waals surface area contributed by atoms with Crippen LogP contribution in [0.1, 0.15) is 40.5 Å². The van der Waals surface area contributed by atoms with Gasteiger partial charge in [-0.3, -0.25) is 0 Å². The third kappa shape index (κ3) is 4.00. The van der Waals surface area contributed by atoms with Crippen LogP contribution in [0.5, 0.6) is 0 Å². The number of nitrogens with two attached hydrogens (primary N) is 1. The molecule has 1 fully saturated rings. The van der Waals surface area contributed by atoms with Crippen LogP contribution >= 0.6 is 0 Å². The monoisotopic (exact) mass is 228 g/mol. The summed E-state index contributed by atoms with van der Waals surface area (Å²) in [4.78, 5) is 13.6. The van der Waals surface area contributed by atoms with E-state index in [0.717, 1.165) is 19.4 Å². The van der Waals surface area contributed by atoms with Gasteiger partial charge in [-0.2, -0.15) is 0 Å². The summed E-state index contributed by atoms with van der Waals surface area (Å²) in [6.45, 7) is 9.26. The van der Waals surface area contributed by atoms with E-state index in [1.807, 2.05) is 20.8 Å². The van der Waals surface area contributed by atoms with Crippen molar-refractivity contribution in [2.24, 2.45) is 11.7 Å². The summed E-state index contributed by atoms with van der Waals surface area (Å²) in [5.74, 6) is 0.479. The van der Waals surface area contributed by atoms with E-state index < -0.39 is 5.60 Å². The van der Waals surface area contributed by atoms with Crippen molar-refractivity contribution in [1.29, 1.82) is 0 Å². The van der Waals surface area contributed by atoms with Crippen molar-refractivity contribution in [3.05, 3.63) is 0 Å². The van der Waals surface area contributed by atoms with Crippen molar-refractivity contribution in [2.45, 2.75) is 52.2 Å². The molecule has 1 saturated heterocycles. The first kappa shape index (κ1) is 13.3. The number of rotatable bonds is 0. The number of ether oxygens (including phenoxy) is 1. The van der Waals surface area contributed by atoms with Crippen LogP contribution < -0.4 is 5.73 Å². The number of likely N-dealkylation sites (tertiary alicyclic amines) is 1. The van der Waals surface area contributed by atoms with Gasteiger partial charge in [0.25, 0.3) is 0 Å². The highest BCUT2D eigenvalue weighted by molar-refractivity contribution is 5.68. The second-order valence-electron chi connectivity index (χ2n) is 5.69. The fourth-order valence-corrected chi connectivity index (χ4v) is 1.78. The number of amides is 1. The zero-order valence-electron chi connectivity index (χ0n) is 10.8. The molecule has 0 bridgehead atoms. The van der Waals surface area contributed by atoms with E-state index in [0.29, 0.717) is 12.5 Å². The molecule has 94 valence electrons. The number of nitrogens with zero attached hydrogens (tertiary/aromatic N) is 1. The van der Waals surface area contributed by atoms with Crippen LogP contribution in [0.3, 0.4) is 0 Å². The zero-order chi connectivity index (χ0) is 12.3. The molecule has 0 aromatic heterocycles. The van der Waals surface area contributed by atoms with Crippen molar-refractivity contribution in [1.82, 2.24) is 4.90 Å². The third-order valence-electron chi connectivity index (χ3n) is 2.97. The lowest BCUT2D eigenvalue weighted by atomic mass is 9.98. The van der Waals surface area contributed by atoms with Crippen LogP contribution in [0.2, 0.25) is 0 Å². The van der Waals surface area contributed by atoms with Crippen LogP contribution in [0.25, 0.3) is 0 Å². The van der Waals surface area contributed by atoms with Gasteiger partial charge in [0.2, 0.25) is 0 Å². The molecule has 0 aliphatic carbocycles. The molecule has 1 aliphatic heterocycles. The minimum absolute atomic E-state index is 0.201. The first-order valence-electron chi connectivity index (χ1n) is 6.03. The second-order valence-corrected chi connectivity index (χ2v) is 5.69. The predicted octanol–water partition coefficient (Wildman–Crippen LogP) is 1.98. The number of carbonyl (C=O) groups excluding carboxylic acids is 1. The van der Waals surface area contributed by atoms with Crippen molar-refractivity contribution < 1.29 is 9.53 Å². The minimum atomic E-state index is -0.420. The van der Waals surface area contributed by atoms with Crippen molar-refractivity contribution in [3.8, 4) is 0 Å². The first-order valence-corrected chi connectivity index (χ1v) is 6.03. The van der Waals surface area contributed by atoms with Crippen LogP contribution in [-0.2, 0) is 4.74 Å². The molecule has 4 nitrogen and oxygen atoms in total. The Morgan fingerprint density at radius 1 is 1.31 bits per heavy atom. The molecule has 0 saturated carbocycles. The van der Waals surface area contributed by atoms with E-state index in [1.165, 1.54) is 0 Å². The Kier molecular flexibility index (Phi) is 4.19. The van der Waals surface area contributed by atoms with E-state index in [1.54, 1.807) is 4.90 Å². The largest absolute Gasteiger partial charge is 0.444 e. The molecule has 0 unspecified atom stereocenters. The Balaban J connectivity index is 2.51. The van der Waals surface area contributed by atoms with Crippen LogP contribution in [0, 0.1) is 5.92 Å². The molecule has 1 rings (SSSR count). The van der Waals surface area contributed by atoms with Crippen molar-refractivity contribution >= 4 is 6.09 Å². The Hall–Kier alpha value is -0.770. The molecule has 0 aromatic rings. The molecule has 1 heterocycles. The lowest BCUT2D eigenvalue weighted by Gasteiger charge is -2.26. The second kappa shape index (κ2) is 5.04. The molecule has 0 aromatic carbocycles. The van der Waals surface area contributed by atoms with Gasteiger partial charge < -0.3 is 15.4 Å². The molecule has 16 heavy (non-hydrogen) atoms. The highest BCUT2D eigenvalue weighted by Crippen LogP contribution is 2.18. The highest BCUT2D eigenvalue weighted by Gasteiger charge is 2.26. The molecular weight excluding hydrogens is 204 g/mol. The topological polar surface area (TPSA) is 55.6 Å². The summed E-state index contributed by atoms with van der Waals surface area (Å²) in [6.07, 6.45) is 1.61. The summed E-state index contributed by atoms with van der Waals surface area (Å²) < 4.78 is 5.35. The number of hydrogen-bond acceptors (Lipinski definition) is 3. The average Bonchev–Trinajstić information content (AvgIpc) is 2.28. The highest BCUT2D eigenvalue weighted by atomic mass is 16.6. The summed E-state index contributed by atoms with van der Waals surface area (Å²) in [6, 6.07) is 0.201. The maximum Gasteiger partial charge on any atom is 0.410 e. The van der Waals surface area contributed by atoms with Gasteiger partial charge in [-0.1, -0.05) is 6.92 Å². The first-order chi connectivity index (χ1) is 7.29. The van der Waals surface area contributed by atoms with Crippen molar-refractivity contribution in [3.63, 3.8) is 0 Å². The summed E-state index contributed by atoms with van der Waals surface area (Å²) in [7, 11) is 0. The summed E-state index contributed by atoms with van der Waals surface area (Å²) >= 11 is 0. The molecule has 4 heteroatoms. The minimum Gasteiger partial charge on any atom is -0.444 e. The zero-order valence-corrected chi connectivity index (χ0v) is 10.8. The molecule has 0 spiro atoms. The predicted molar refractivity (Wildman–Crippen MR) is 64.2 cm³/mol. The van der Waals surface area contributed by atoms with Crippen LogP contribution in [0.4, 0.5) is 4.79 Å². The van der Waals surface area contributed by atoms with Gasteiger partial charge in [0.05, 0.1) is 0 Å². The van der Waals surface area contributed by atoms with Gasteiger partial charge in [0.15, 0.2) is 0 Å². The lowest BCUT2D eigenvalue weighted by molar-refractivity contribution is 0.0255. The van der Waals surface area contributed by atoms with E-state index in [9.17, 15) is 4.79 Å². The third-order valence-corrected chi connectivity index (χ3v) is 2.97. The smallest absolute Gasteiger partial charge is 0.410 e. The molecule has 2 atom stereocenters. The molecule has 2 N–H and O–H groups in total. The molecule has 0 radical (unpaired) electrons. The number of hydrogen-bond donors (Lipinski definition) is 1. The SMILES string of the molecule is C[C@@H]1CCN(C(=O)OC(C)(C)C)CC[C@@H]1N. The average molecular weight is 228 g/mol. The Labute approximate surface area is 98.1 Å². The lowest BCUT2D eigenvalue weighted by Crippen LogP contribution is -2.37. The van der Waals surface area contributed by atoms with Gasteiger partial charge >= 0.3 is 6.09 Å². The van der Waals surface area contributed by atoms with Gasteiger partial charge in [0, 0.05) is 19.1 Å². The standard InChI is InChI=1S/C12H24N2O2/c1-9-5-7-14(8-6-10(9)13)11(15)16-12(2,3)4/h9-10H,5-8,13H2,1-4H3/t9-,10+/m1/s1. The van der Waals surface area contributed by atoms with E-state index in [4.69, 9.17) is 10.5 Å². The Morgan fingerprint density at radius 3 is 2.44 bits per heavy atom. The van der Waals surface area contributed by atoms with Gasteiger partial charge in [-0.25, -0.2) is 4.79 Å². The fraction of sp³-hybridized carbons (Fsp3) is 0.917. The maximum atomic E-state index is 11.8. The van der Waals surface area contributed by atoms with Gasteiger partial charge in [-0.05, 0) is 39.5 Å². The van der Waals surface area contributed by atoms with E-state index in [2.05, 4.69) is 6.92 Å². The van der Waals surface area contributed by atoms with Gasteiger partial charge in [0.1, 0.15) is 5.60 Å². The van der Waals surface area contributed by atoms with Crippen LogP contribution in [-0.4, -0.2) is 35.7 Å². The molecule has 1 aliphatic rings.